The maximum Gasteiger partial charge on any atom is 0.158 e. The molecule has 0 aromatic carbocycles. The third kappa shape index (κ3) is 1.67. The van der Waals surface area contributed by atoms with Gasteiger partial charge in [0.1, 0.15) is 10.7 Å². The summed E-state index contributed by atoms with van der Waals surface area (Å²) in [4.78, 5) is 11.4. The second kappa shape index (κ2) is 4.18. The van der Waals surface area contributed by atoms with Crippen LogP contribution in [0.3, 0.4) is 0 Å². The lowest BCUT2D eigenvalue weighted by molar-refractivity contribution is 0.872. The van der Waals surface area contributed by atoms with Crippen LogP contribution >= 0.6 is 11.8 Å². The van der Waals surface area contributed by atoms with Crippen LogP contribution in [-0.2, 0) is 0 Å². The molecule has 0 amide bonds. The van der Waals surface area contributed by atoms with Gasteiger partial charge in [-0.25, -0.2) is 9.98 Å². The average Bonchev–Trinajstić information content (AvgIpc) is 2.81. The van der Waals surface area contributed by atoms with Crippen molar-refractivity contribution in [2.75, 3.05) is 18.2 Å². The standard InChI is InChI=1S/C13H15N3S/c1-16-11-7-3-5-9(11)13(17-2)15-10-6-4-8-14-12(10)16/h4,6,8H,3,5,7H2,1-2H3. The SMILES string of the molecule is CSC1=Nc2cccnc2N(C)C2=C1CCC2. The van der Waals surface area contributed by atoms with E-state index in [1.54, 1.807) is 11.8 Å². The Morgan fingerprint density at radius 2 is 2.24 bits per heavy atom. The monoisotopic (exact) mass is 245 g/mol. The second-order valence-electron chi connectivity index (χ2n) is 4.31. The fourth-order valence-corrected chi connectivity index (χ4v) is 3.19. The fraction of sp³-hybridized carbons (Fsp3) is 0.385. The maximum absolute atomic E-state index is 4.77. The Balaban J connectivity index is 2.21. The molecular weight excluding hydrogens is 230 g/mol. The molecule has 17 heavy (non-hydrogen) atoms. The van der Waals surface area contributed by atoms with Gasteiger partial charge in [-0.3, -0.25) is 0 Å². The van der Waals surface area contributed by atoms with E-state index in [1.165, 1.54) is 17.7 Å². The van der Waals surface area contributed by atoms with Crippen LogP contribution in [0.1, 0.15) is 19.3 Å². The number of pyridine rings is 1. The van der Waals surface area contributed by atoms with Crippen molar-refractivity contribution in [2.24, 2.45) is 4.99 Å². The largest absolute Gasteiger partial charge is 0.331 e. The highest BCUT2D eigenvalue weighted by Crippen LogP contribution is 2.40. The van der Waals surface area contributed by atoms with E-state index in [9.17, 15) is 0 Å². The highest BCUT2D eigenvalue weighted by Gasteiger charge is 2.26. The van der Waals surface area contributed by atoms with Gasteiger partial charge in [0.05, 0.1) is 0 Å². The fourth-order valence-electron chi connectivity index (χ4n) is 2.54. The first-order chi connectivity index (χ1) is 8.31. The van der Waals surface area contributed by atoms with Gasteiger partial charge in [-0.15, -0.1) is 11.8 Å². The topological polar surface area (TPSA) is 28.5 Å². The van der Waals surface area contributed by atoms with Crippen LogP contribution in [0.25, 0.3) is 0 Å². The number of hydrogen-bond donors (Lipinski definition) is 0. The summed E-state index contributed by atoms with van der Waals surface area (Å²) in [6.07, 6.45) is 7.46. The van der Waals surface area contributed by atoms with Crippen LogP contribution in [0.5, 0.6) is 0 Å². The smallest absolute Gasteiger partial charge is 0.158 e. The molecule has 0 N–H and O–H groups in total. The Morgan fingerprint density at radius 1 is 1.35 bits per heavy atom. The Bertz CT molecular complexity index is 519. The van der Waals surface area contributed by atoms with E-state index in [1.807, 2.05) is 18.3 Å². The molecule has 1 aromatic heterocycles. The zero-order valence-corrected chi connectivity index (χ0v) is 10.9. The molecular formula is C13H15N3S. The Morgan fingerprint density at radius 3 is 3.06 bits per heavy atom. The Kier molecular flexibility index (Phi) is 2.67. The number of nitrogens with zero attached hydrogens (tertiary/aromatic N) is 3. The summed E-state index contributed by atoms with van der Waals surface area (Å²) in [6, 6.07) is 3.99. The van der Waals surface area contributed by atoms with E-state index in [-0.39, 0.29) is 0 Å². The van der Waals surface area contributed by atoms with Crippen molar-refractivity contribution in [3.63, 3.8) is 0 Å². The molecule has 1 aliphatic heterocycles. The van der Waals surface area contributed by atoms with Crippen molar-refractivity contribution in [3.05, 3.63) is 29.6 Å². The van der Waals surface area contributed by atoms with Gasteiger partial charge in [-0.05, 0) is 37.7 Å². The number of allylic oxidation sites excluding steroid dienone is 1. The Hall–Kier alpha value is -1.29. The number of aromatic nitrogens is 1. The molecule has 2 heterocycles. The Labute approximate surface area is 106 Å². The molecule has 0 fully saturated rings. The summed E-state index contributed by atoms with van der Waals surface area (Å²) in [6.45, 7) is 0. The molecule has 0 spiro atoms. The lowest BCUT2D eigenvalue weighted by Crippen LogP contribution is -2.17. The molecule has 0 unspecified atom stereocenters. The van der Waals surface area contributed by atoms with E-state index < -0.39 is 0 Å². The molecule has 3 rings (SSSR count). The zero-order chi connectivity index (χ0) is 11.8. The van der Waals surface area contributed by atoms with Crippen LogP contribution in [0.2, 0.25) is 0 Å². The van der Waals surface area contributed by atoms with E-state index in [2.05, 4.69) is 23.2 Å². The van der Waals surface area contributed by atoms with Crippen molar-refractivity contribution in [1.82, 2.24) is 4.98 Å². The van der Waals surface area contributed by atoms with Crippen LogP contribution in [-0.4, -0.2) is 23.3 Å². The average molecular weight is 245 g/mol. The first-order valence-corrected chi connectivity index (χ1v) is 7.07. The van der Waals surface area contributed by atoms with Gasteiger partial charge in [0.2, 0.25) is 0 Å². The number of anilines is 1. The summed E-state index contributed by atoms with van der Waals surface area (Å²) < 4.78 is 0. The van der Waals surface area contributed by atoms with Gasteiger partial charge in [-0.1, -0.05) is 0 Å². The summed E-state index contributed by atoms with van der Waals surface area (Å²) in [5.74, 6) is 0.978. The molecule has 0 saturated heterocycles. The van der Waals surface area contributed by atoms with E-state index in [0.29, 0.717) is 0 Å². The minimum absolute atomic E-state index is 0.978. The molecule has 0 saturated carbocycles. The van der Waals surface area contributed by atoms with E-state index in [0.717, 1.165) is 29.4 Å². The van der Waals surface area contributed by atoms with Crippen molar-refractivity contribution >= 4 is 28.3 Å². The first-order valence-electron chi connectivity index (χ1n) is 5.85. The third-order valence-corrected chi connectivity index (χ3v) is 4.08. The lowest BCUT2D eigenvalue weighted by atomic mass is 10.2. The molecule has 0 atom stereocenters. The number of aliphatic imine (C=N–C) groups is 1. The molecule has 4 heteroatoms. The number of rotatable bonds is 0. The van der Waals surface area contributed by atoms with Gasteiger partial charge >= 0.3 is 0 Å². The van der Waals surface area contributed by atoms with Crippen LogP contribution < -0.4 is 4.90 Å². The number of hydrogen-bond acceptors (Lipinski definition) is 4. The minimum Gasteiger partial charge on any atom is -0.331 e. The van der Waals surface area contributed by atoms with Crippen molar-refractivity contribution in [1.29, 1.82) is 0 Å². The molecule has 0 radical (unpaired) electrons. The molecule has 0 bridgehead atoms. The molecule has 2 aliphatic rings. The maximum atomic E-state index is 4.77. The zero-order valence-electron chi connectivity index (χ0n) is 10.1. The van der Waals surface area contributed by atoms with Gasteiger partial charge in [0, 0.05) is 24.5 Å². The highest BCUT2D eigenvalue weighted by molar-refractivity contribution is 8.13. The van der Waals surface area contributed by atoms with Crippen LogP contribution in [0.4, 0.5) is 11.5 Å². The third-order valence-electron chi connectivity index (χ3n) is 3.35. The molecule has 88 valence electrons. The predicted molar refractivity (Wildman–Crippen MR) is 74.1 cm³/mol. The summed E-state index contributed by atoms with van der Waals surface area (Å²) in [7, 11) is 2.10. The highest BCUT2D eigenvalue weighted by atomic mass is 32.2. The van der Waals surface area contributed by atoms with Crippen LogP contribution in [0.15, 0.2) is 34.6 Å². The second-order valence-corrected chi connectivity index (χ2v) is 5.10. The summed E-state index contributed by atoms with van der Waals surface area (Å²) in [5.41, 5.74) is 3.79. The first kappa shape index (κ1) is 10.8. The molecule has 3 nitrogen and oxygen atoms in total. The van der Waals surface area contributed by atoms with Gasteiger partial charge in [-0.2, -0.15) is 0 Å². The minimum atomic E-state index is 0.978. The van der Waals surface area contributed by atoms with Crippen molar-refractivity contribution in [3.8, 4) is 0 Å². The number of fused-ring (bicyclic) bond motifs is 1. The van der Waals surface area contributed by atoms with Gasteiger partial charge in [0.15, 0.2) is 5.82 Å². The molecule has 1 aliphatic carbocycles. The lowest BCUT2D eigenvalue weighted by Gasteiger charge is -2.20. The summed E-state index contributed by atoms with van der Waals surface area (Å²) in [5, 5.41) is 1.16. The summed E-state index contributed by atoms with van der Waals surface area (Å²) >= 11 is 1.74. The van der Waals surface area contributed by atoms with Crippen molar-refractivity contribution in [2.45, 2.75) is 19.3 Å². The molecule has 1 aromatic rings. The quantitative estimate of drug-likeness (QED) is 0.701. The number of thioether (sulfide) groups is 1. The van der Waals surface area contributed by atoms with Crippen molar-refractivity contribution < 1.29 is 0 Å². The van der Waals surface area contributed by atoms with Gasteiger partial charge < -0.3 is 4.90 Å². The predicted octanol–water partition coefficient (Wildman–Crippen LogP) is 3.36. The van der Waals surface area contributed by atoms with E-state index >= 15 is 0 Å². The van der Waals surface area contributed by atoms with E-state index in [4.69, 9.17) is 4.99 Å². The normalized spacial score (nSPS) is 18.7. The van der Waals surface area contributed by atoms with Crippen LogP contribution in [0, 0.1) is 0 Å². The van der Waals surface area contributed by atoms with Gasteiger partial charge in [0.25, 0.3) is 0 Å².